The molecule has 0 heterocycles. The maximum Gasteiger partial charge on any atom is 0.128 e. The Morgan fingerprint density at radius 2 is 1.87 bits per heavy atom. The molecule has 0 radical (unpaired) electrons. The van der Waals surface area contributed by atoms with E-state index in [-0.39, 0.29) is 0 Å². The van der Waals surface area contributed by atoms with E-state index in [4.69, 9.17) is 4.74 Å². The molecule has 1 rings (SSSR count). The Bertz CT molecular complexity index is 348. The van der Waals surface area contributed by atoms with E-state index in [2.05, 4.69) is 0 Å². The van der Waals surface area contributed by atoms with Crippen molar-refractivity contribution >= 4 is 0 Å². The molecule has 0 unspecified atom stereocenters. The number of benzene rings is 1. The van der Waals surface area contributed by atoms with Gasteiger partial charge in [0.05, 0.1) is 12.2 Å². The third kappa shape index (κ3) is 2.51. The van der Waals surface area contributed by atoms with E-state index >= 15 is 0 Å². The summed E-state index contributed by atoms with van der Waals surface area (Å²) in [4.78, 5) is 0. The van der Waals surface area contributed by atoms with Gasteiger partial charge >= 0.3 is 0 Å². The molecule has 84 valence electrons. The number of aliphatic hydroxyl groups is 1. The molecule has 1 aromatic carbocycles. The van der Waals surface area contributed by atoms with Gasteiger partial charge in [-0.25, -0.2) is 0 Å². The van der Waals surface area contributed by atoms with Crippen molar-refractivity contribution in [3.8, 4) is 5.75 Å². The fourth-order valence-electron chi connectivity index (χ4n) is 1.60. The van der Waals surface area contributed by atoms with Gasteiger partial charge in [-0.2, -0.15) is 0 Å². The van der Waals surface area contributed by atoms with Crippen LogP contribution in [0.1, 0.15) is 37.5 Å². The highest BCUT2D eigenvalue weighted by Gasteiger charge is 2.22. The first-order chi connectivity index (χ1) is 6.88. The molecule has 0 aliphatic carbocycles. The fourth-order valence-corrected chi connectivity index (χ4v) is 1.60. The molecule has 1 N–H and O–H groups in total. The van der Waals surface area contributed by atoms with Gasteiger partial charge in [0.1, 0.15) is 5.75 Å². The lowest BCUT2D eigenvalue weighted by Crippen LogP contribution is -2.18. The average Bonchev–Trinajstić information content (AvgIpc) is 2.11. The lowest BCUT2D eigenvalue weighted by molar-refractivity contribution is 0.0748. The Hall–Kier alpha value is -1.02. The lowest BCUT2D eigenvalue weighted by atomic mass is 9.93. The average molecular weight is 208 g/mol. The molecule has 0 fully saturated rings. The van der Waals surface area contributed by atoms with Crippen molar-refractivity contribution in [3.63, 3.8) is 0 Å². The fraction of sp³-hybridized carbons (Fsp3) is 0.538. The summed E-state index contributed by atoms with van der Waals surface area (Å²) < 4.78 is 5.62. The van der Waals surface area contributed by atoms with Crippen LogP contribution in [-0.2, 0) is 5.60 Å². The Morgan fingerprint density at radius 1 is 1.27 bits per heavy atom. The molecular formula is C13H20O2. The van der Waals surface area contributed by atoms with E-state index in [1.54, 1.807) is 13.8 Å². The summed E-state index contributed by atoms with van der Waals surface area (Å²) in [5.74, 6) is 0.824. The van der Waals surface area contributed by atoms with Crippen molar-refractivity contribution in [3.05, 3.63) is 28.8 Å². The summed E-state index contributed by atoms with van der Waals surface area (Å²) in [5.41, 5.74) is 2.29. The van der Waals surface area contributed by atoms with Crippen molar-refractivity contribution in [1.29, 1.82) is 0 Å². The standard InChI is InChI=1S/C13H20O2/c1-6-15-12-10(3)9(2)7-8-11(12)13(4,5)14/h7-8,14H,6H2,1-5H3. The summed E-state index contributed by atoms with van der Waals surface area (Å²) in [5, 5.41) is 10.0. The van der Waals surface area contributed by atoms with Crippen LogP contribution in [0.5, 0.6) is 5.75 Å². The van der Waals surface area contributed by atoms with Crippen LogP contribution in [0.4, 0.5) is 0 Å². The smallest absolute Gasteiger partial charge is 0.128 e. The maximum atomic E-state index is 10.0. The summed E-state index contributed by atoms with van der Waals surface area (Å²) in [6, 6.07) is 3.96. The number of rotatable bonds is 3. The van der Waals surface area contributed by atoms with Crippen molar-refractivity contribution in [2.75, 3.05) is 6.61 Å². The molecule has 15 heavy (non-hydrogen) atoms. The quantitative estimate of drug-likeness (QED) is 0.827. The minimum atomic E-state index is -0.858. The highest BCUT2D eigenvalue weighted by atomic mass is 16.5. The molecule has 0 amide bonds. The Morgan fingerprint density at radius 3 is 2.33 bits per heavy atom. The highest BCUT2D eigenvalue weighted by molar-refractivity contribution is 5.47. The highest BCUT2D eigenvalue weighted by Crippen LogP contribution is 2.33. The van der Waals surface area contributed by atoms with Crippen LogP contribution < -0.4 is 4.74 Å². The summed E-state index contributed by atoms with van der Waals surface area (Å²) in [6.07, 6.45) is 0. The van der Waals surface area contributed by atoms with Crippen LogP contribution in [0.3, 0.4) is 0 Å². The zero-order valence-corrected chi connectivity index (χ0v) is 10.2. The predicted octanol–water partition coefficient (Wildman–Crippen LogP) is 2.93. The molecule has 0 aliphatic heterocycles. The molecule has 0 spiro atoms. The first-order valence-corrected chi connectivity index (χ1v) is 5.33. The van der Waals surface area contributed by atoms with E-state index in [1.807, 2.05) is 32.9 Å². The zero-order valence-electron chi connectivity index (χ0n) is 10.2. The molecule has 2 nitrogen and oxygen atoms in total. The third-order valence-electron chi connectivity index (χ3n) is 2.62. The molecular weight excluding hydrogens is 188 g/mol. The van der Waals surface area contributed by atoms with Crippen molar-refractivity contribution in [2.45, 2.75) is 40.2 Å². The van der Waals surface area contributed by atoms with Crippen LogP contribution in [-0.4, -0.2) is 11.7 Å². The van der Waals surface area contributed by atoms with Gasteiger partial charge in [-0.3, -0.25) is 0 Å². The van der Waals surface area contributed by atoms with E-state index in [0.717, 1.165) is 16.9 Å². The largest absolute Gasteiger partial charge is 0.493 e. The van der Waals surface area contributed by atoms with Crippen LogP contribution >= 0.6 is 0 Å². The van der Waals surface area contributed by atoms with Gasteiger partial charge in [-0.15, -0.1) is 0 Å². The van der Waals surface area contributed by atoms with Gasteiger partial charge in [-0.05, 0) is 45.7 Å². The maximum absolute atomic E-state index is 10.0. The Balaban J connectivity index is 3.33. The first kappa shape index (κ1) is 12.1. The lowest BCUT2D eigenvalue weighted by Gasteiger charge is -2.23. The first-order valence-electron chi connectivity index (χ1n) is 5.33. The van der Waals surface area contributed by atoms with Gasteiger partial charge in [0, 0.05) is 5.56 Å². The van der Waals surface area contributed by atoms with Crippen molar-refractivity contribution in [2.24, 2.45) is 0 Å². The second-order valence-electron chi connectivity index (χ2n) is 4.38. The van der Waals surface area contributed by atoms with E-state index in [9.17, 15) is 5.11 Å². The zero-order chi connectivity index (χ0) is 11.6. The molecule has 0 saturated heterocycles. The molecule has 0 saturated carbocycles. The molecule has 1 aromatic rings. The molecule has 0 aliphatic rings. The van der Waals surface area contributed by atoms with Crippen LogP contribution in [0.15, 0.2) is 12.1 Å². The normalized spacial score (nSPS) is 11.6. The van der Waals surface area contributed by atoms with Crippen LogP contribution in [0.2, 0.25) is 0 Å². The van der Waals surface area contributed by atoms with E-state index in [0.29, 0.717) is 6.61 Å². The monoisotopic (exact) mass is 208 g/mol. The van der Waals surface area contributed by atoms with E-state index < -0.39 is 5.60 Å². The SMILES string of the molecule is CCOc1c(C(C)(C)O)ccc(C)c1C. The van der Waals surface area contributed by atoms with Crippen LogP contribution in [0.25, 0.3) is 0 Å². The van der Waals surface area contributed by atoms with Gasteiger partial charge in [0.25, 0.3) is 0 Å². The van der Waals surface area contributed by atoms with Gasteiger partial charge in [-0.1, -0.05) is 12.1 Å². The third-order valence-corrected chi connectivity index (χ3v) is 2.62. The molecule has 2 heteroatoms. The predicted molar refractivity (Wildman–Crippen MR) is 62.3 cm³/mol. The van der Waals surface area contributed by atoms with Crippen LogP contribution in [0, 0.1) is 13.8 Å². The van der Waals surface area contributed by atoms with E-state index in [1.165, 1.54) is 5.56 Å². The summed E-state index contributed by atoms with van der Waals surface area (Å²) >= 11 is 0. The number of hydrogen-bond donors (Lipinski definition) is 1. The van der Waals surface area contributed by atoms with Crippen molar-refractivity contribution in [1.82, 2.24) is 0 Å². The molecule has 0 bridgehead atoms. The molecule has 0 aromatic heterocycles. The second-order valence-corrected chi connectivity index (χ2v) is 4.38. The second kappa shape index (κ2) is 4.23. The van der Waals surface area contributed by atoms with Gasteiger partial charge in [0.2, 0.25) is 0 Å². The summed E-state index contributed by atoms with van der Waals surface area (Å²) in [7, 11) is 0. The minimum Gasteiger partial charge on any atom is -0.493 e. The Kier molecular flexibility index (Phi) is 3.40. The number of hydrogen-bond acceptors (Lipinski definition) is 2. The van der Waals surface area contributed by atoms with Gasteiger partial charge in [0.15, 0.2) is 0 Å². The van der Waals surface area contributed by atoms with Crippen molar-refractivity contribution < 1.29 is 9.84 Å². The number of aryl methyl sites for hydroxylation is 1. The minimum absolute atomic E-state index is 0.618. The number of ether oxygens (including phenoxy) is 1. The van der Waals surface area contributed by atoms with Gasteiger partial charge < -0.3 is 9.84 Å². The molecule has 0 atom stereocenters. The Labute approximate surface area is 91.9 Å². The topological polar surface area (TPSA) is 29.5 Å². The summed E-state index contributed by atoms with van der Waals surface area (Å²) in [6.45, 7) is 10.2.